The summed E-state index contributed by atoms with van der Waals surface area (Å²) in [4.78, 5) is 30.4. The molecule has 2 aliphatic rings. The first kappa shape index (κ1) is 29.7. The second kappa shape index (κ2) is 13.4. The van der Waals surface area contributed by atoms with Gasteiger partial charge in [0.15, 0.2) is 0 Å². The summed E-state index contributed by atoms with van der Waals surface area (Å²) in [5, 5.41) is 14.0. The van der Waals surface area contributed by atoms with Crippen LogP contribution in [0.4, 0.5) is 5.69 Å². The van der Waals surface area contributed by atoms with E-state index in [1.165, 1.54) is 6.42 Å². The van der Waals surface area contributed by atoms with Crippen molar-refractivity contribution in [2.45, 2.75) is 64.6 Å². The van der Waals surface area contributed by atoms with Gasteiger partial charge >= 0.3 is 0 Å². The summed E-state index contributed by atoms with van der Waals surface area (Å²) in [5.41, 5.74) is 2.01. The van der Waals surface area contributed by atoms with Crippen molar-refractivity contribution in [3.63, 3.8) is 0 Å². The average Bonchev–Trinajstić information content (AvgIpc) is 2.93. The molecule has 7 nitrogen and oxygen atoms in total. The molecule has 0 radical (unpaired) electrons. The number of benzene rings is 2. The number of halogens is 2. The molecule has 0 saturated heterocycles. The number of carbonyl (C=O) groups is 2. The number of nitrogens with one attached hydrogen (secondary N) is 1. The van der Waals surface area contributed by atoms with Crippen LogP contribution in [0.3, 0.4) is 0 Å². The van der Waals surface area contributed by atoms with Gasteiger partial charge in [0.05, 0.1) is 28.3 Å². The number of rotatable bonds is 8. The molecule has 2 amide bonds. The van der Waals surface area contributed by atoms with Gasteiger partial charge in [0.25, 0.3) is 5.91 Å². The van der Waals surface area contributed by atoms with Crippen molar-refractivity contribution >= 4 is 40.7 Å². The van der Waals surface area contributed by atoms with E-state index in [0.29, 0.717) is 46.7 Å². The molecule has 1 saturated carbocycles. The van der Waals surface area contributed by atoms with Crippen molar-refractivity contribution in [1.82, 2.24) is 9.80 Å². The molecule has 0 unspecified atom stereocenters. The van der Waals surface area contributed by atoms with Crippen LogP contribution >= 0.6 is 23.2 Å². The lowest BCUT2D eigenvalue weighted by atomic mass is 9.88. The molecule has 2 aromatic carbocycles. The first-order valence-corrected chi connectivity index (χ1v) is 14.6. The molecule has 2 aromatic rings. The molecule has 1 fully saturated rings. The Hall–Kier alpha value is -2.32. The second-order valence-corrected chi connectivity index (χ2v) is 11.9. The molecular weight excluding hydrogens is 537 g/mol. The zero-order valence-corrected chi connectivity index (χ0v) is 24.5. The van der Waals surface area contributed by atoms with Gasteiger partial charge in [-0.2, -0.15) is 0 Å². The number of nitrogens with zero attached hydrogens (tertiary/aromatic N) is 2. The topological polar surface area (TPSA) is 82.1 Å². The summed E-state index contributed by atoms with van der Waals surface area (Å²) in [5.74, 6) is 0.276. The Labute approximate surface area is 241 Å². The number of aliphatic hydroxyl groups is 1. The Kier molecular flexibility index (Phi) is 10.2. The normalized spacial score (nSPS) is 21.1. The number of aliphatic hydroxyl groups excluding tert-OH is 1. The van der Waals surface area contributed by atoms with Gasteiger partial charge in [0.2, 0.25) is 5.91 Å². The number of hydrogen-bond acceptors (Lipinski definition) is 5. The van der Waals surface area contributed by atoms with Gasteiger partial charge in [0, 0.05) is 37.2 Å². The highest BCUT2D eigenvalue weighted by Crippen LogP contribution is 2.32. The molecule has 212 valence electrons. The first-order valence-electron chi connectivity index (χ1n) is 13.8. The lowest BCUT2D eigenvalue weighted by molar-refractivity contribution is -0.120. The van der Waals surface area contributed by atoms with E-state index < -0.39 is 0 Å². The molecule has 2 N–H and O–H groups in total. The number of ether oxygens (including phenoxy) is 1. The average molecular weight is 577 g/mol. The molecule has 0 spiro atoms. The van der Waals surface area contributed by atoms with Crippen molar-refractivity contribution in [2.75, 3.05) is 32.1 Å². The van der Waals surface area contributed by atoms with Crippen molar-refractivity contribution < 1.29 is 19.4 Å². The van der Waals surface area contributed by atoms with Crippen LogP contribution in [0.25, 0.3) is 0 Å². The van der Waals surface area contributed by atoms with E-state index in [9.17, 15) is 14.7 Å². The van der Waals surface area contributed by atoms with E-state index in [0.717, 1.165) is 31.2 Å². The van der Waals surface area contributed by atoms with Crippen molar-refractivity contribution in [1.29, 1.82) is 0 Å². The molecule has 1 aliphatic heterocycles. The third kappa shape index (κ3) is 7.46. The predicted molar refractivity (Wildman–Crippen MR) is 156 cm³/mol. The van der Waals surface area contributed by atoms with Crippen molar-refractivity contribution in [2.24, 2.45) is 11.8 Å². The maximum atomic E-state index is 13.7. The maximum absolute atomic E-state index is 13.7. The Bertz CT molecular complexity index is 1170. The lowest BCUT2D eigenvalue weighted by Crippen LogP contribution is -2.49. The fourth-order valence-electron chi connectivity index (χ4n) is 5.45. The third-order valence-corrected chi connectivity index (χ3v) is 8.58. The smallest absolute Gasteiger partial charge is 0.258 e. The van der Waals surface area contributed by atoms with E-state index >= 15 is 0 Å². The van der Waals surface area contributed by atoms with E-state index in [1.807, 2.05) is 26.1 Å². The largest absolute Gasteiger partial charge is 0.488 e. The standard InChI is InChI=1S/C30H39Cl2N3O4/c1-19-15-35(20(2)18-36)30(38)24-14-23(33-29(37)22-7-5-4-6-8-22)10-12-27(24)39-28(19)17-34(3)16-21-9-11-25(31)26(32)13-21/h9-14,19-20,22,28,36H,4-8,15-18H2,1-3H3,(H,33,37)/t19-,20+,28-/m0/s1. The molecule has 4 rings (SSSR count). The Balaban J connectivity index is 1.56. The monoisotopic (exact) mass is 575 g/mol. The summed E-state index contributed by atoms with van der Waals surface area (Å²) < 4.78 is 6.50. The van der Waals surface area contributed by atoms with E-state index in [2.05, 4.69) is 17.1 Å². The highest BCUT2D eigenvalue weighted by Gasteiger charge is 2.34. The molecule has 39 heavy (non-hydrogen) atoms. The van der Waals surface area contributed by atoms with Crippen molar-refractivity contribution in [3.05, 3.63) is 57.6 Å². The SMILES string of the molecule is C[C@H](CO)N1C[C@H](C)[C@H](CN(C)Cc2ccc(Cl)c(Cl)c2)Oc2ccc(NC(=O)C3CCCCC3)cc2C1=O. The van der Waals surface area contributed by atoms with Gasteiger partial charge in [-0.1, -0.05) is 55.5 Å². The number of anilines is 1. The molecule has 3 atom stereocenters. The van der Waals surface area contributed by atoms with Gasteiger partial charge in [-0.3, -0.25) is 14.5 Å². The fraction of sp³-hybridized carbons (Fsp3) is 0.533. The molecule has 0 aromatic heterocycles. The Morgan fingerprint density at radius 3 is 2.59 bits per heavy atom. The summed E-state index contributed by atoms with van der Waals surface area (Å²) in [6, 6.07) is 10.5. The summed E-state index contributed by atoms with van der Waals surface area (Å²) in [6.07, 6.45) is 4.89. The summed E-state index contributed by atoms with van der Waals surface area (Å²) in [7, 11) is 2.02. The van der Waals surface area contributed by atoms with Gasteiger partial charge < -0.3 is 20.1 Å². The van der Waals surface area contributed by atoms with E-state index in [-0.39, 0.29) is 42.4 Å². The Morgan fingerprint density at radius 1 is 1.15 bits per heavy atom. The minimum absolute atomic E-state index is 0.00182. The Morgan fingerprint density at radius 2 is 1.90 bits per heavy atom. The quantitative estimate of drug-likeness (QED) is 0.411. The van der Waals surface area contributed by atoms with Crippen LogP contribution < -0.4 is 10.1 Å². The van der Waals surface area contributed by atoms with E-state index in [4.69, 9.17) is 27.9 Å². The highest BCUT2D eigenvalue weighted by atomic mass is 35.5. The molecule has 1 heterocycles. The second-order valence-electron chi connectivity index (χ2n) is 11.1. The third-order valence-electron chi connectivity index (χ3n) is 7.84. The number of carbonyl (C=O) groups excluding carboxylic acids is 2. The minimum atomic E-state index is -0.360. The number of fused-ring (bicyclic) bond motifs is 1. The van der Waals surface area contributed by atoms with Crippen LogP contribution in [0.2, 0.25) is 10.0 Å². The molecule has 1 aliphatic carbocycles. The maximum Gasteiger partial charge on any atom is 0.258 e. The minimum Gasteiger partial charge on any atom is -0.488 e. The summed E-state index contributed by atoms with van der Waals surface area (Å²) >= 11 is 12.3. The molecule has 9 heteroatoms. The molecule has 0 bridgehead atoms. The number of amides is 2. The van der Waals surface area contributed by atoms with Gasteiger partial charge in [0.1, 0.15) is 11.9 Å². The number of likely N-dealkylation sites (N-methyl/N-ethyl adjacent to an activating group) is 1. The lowest BCUT2D eigenvalue weighted by Gasteiger charge is -2.38. The zero-order valence-electron chi connectivity index (χ0n) is 23.0. The molecular formula is C30H39Cl2N3O4. The van der Waals surface area contributed by atoms with Crippen LogP contribution in [0.15, 0.2) is 36.4 Å². The zero-order chi connectivity index (χ0) is 28.1. The fourth-order valence-corrected chi connectivity index (χ4v) is 5.77. The van der Waals surface area contributed by atoms with Gasteiger partial charge in [-0.05, 0) is 62.7 Å². The predicted octanol–water partition coefficient (Wildman–Crippen LogP) is 5.86. The first-order chi connectivity index (χ1) is 18.7. The van der Waals surface area contributed by atoms with Gasteiger partial charge in [-0.25, -0.2) is 0 Å². The van der Waals surface area contributed by atoms with Crippen LogP contribution in [0.5, 0.6) is 5.75 Å². The number of hydrogen-bond donors (Lipinski definition) is 2. The van der Waals surface area contributed by atoms with E-state index in [1.54, 1.807) is 29.2 Å². The van der Waals surface area contributed by atoms with Crippen LogP contribution in [0, 0.1) is 11.8 Å². The van der Waals surface area contributed by atoms with Crippen LogP contribution in [-0.4, -0.2) is 65.6 Å². The van der Waals surface area contributed by atoms with Crippen LogP contribution in [0.1, 0.15) is 61.9 Å². The van der Waals surface area contributed by atoms with Gasteiger partial charge in [-0.15, -0.1) is 0 Å². The summed E-state index contributed by atoms with van der Waals surface area (Å²) in [6.45, 7) is 5.45. The van der Waals surface area contributed by atoms with Crippen molar-refractivity contribution in [3.8, 4) is 5.75 Å². The van der Waals surface area contributed by atoms with Crippen LogP contribution in [-0.2, 0) is 11.3 Å². The highest BCUT2D eigenvalue weighted by molar-refractivity contribution is 6.42.